The van der Waals surface area contributed by atoms with Gasteiger partial charge in [0.05, 0.1) is 0 Å². The Morgan fingerprint density at radius 1 is 1.04 bits per heavy atom. The van der Waals surface area contributed by atoms with E-state index in [1.165, 1.54) is 4.90 Å². The van der Waals surface area contributed by atoms with Crippen molar-refractivity contribution in [3.05, 3.63) is 35.9 Å². The maximum Gasteiger partial charge on any atom is 0.243 e. The molecule has 0 aliphatic rings. The molecule has 7 nitrogen and oxygen atoms in total. The summed E-state index contributed by atoms with van der Waals surface area (Å²) in [4.78, 5) is 31.2. The third-order valence-corrected chi connectivity index (χ3v) is 3.54. The van der Waals surface area contributed by atoms with Crippen molar-refractivity contribution in [1.29, 1.82) is 0 Å². The normalized spacial score (nSPS) is 10.5. The van der Waals surface area contributed by atoms with Crippen LogP contribution < -0.4 is 10.6 Å². The Balaban J connectivity index is 0.00000625. The van der Waals surface area contributed by atoms with Gasteiger partial charge >= 0.3 is 0 Å². The van der Waals surface area contributed by atoms with E-state index in [0.29, 0.717) is 32.0 Å². The summed E-state index contributed by atoms with van der Waals surface area (Å²) in [5, 5.41) is 6.15. The number of hydrogen-bond acceptors (Lipinski definition) is 3. The molecule has 0 aliphatic heterocycles. The predicted octanol–water partition coefficient (Wildman–Crippen LogP) is 1.30. The van der Waals surface area contributed by atoms with Crippen LogP contribution >= 0.6 is 24.0 Å². The third-order valence-electron chi connectivity index (χ3n) is 3.54. The molecular weight excluding hydrogens is 445 g/mol. The van der Waals surface area contributed by atoms with Gasteiger partial charge < -0.3 is 20.4 Å². The van der Waals surface area contributed by atoms with E-state index in [-0.39, 0.29) is 42.3 Å². The molecule has 1 aromatic rings. The lowest BCUT2D eigenvalue weighted by molar-refractivity contribution is -0.130. The van der Waals surface area contributed by atoms with E-state index in [4.69, 9.17) is 0 Å². The molecule has 0 unspecified atom stereocenters. The minimum atomic E-state index is -0.0733. The molecule has 0 saturated carbocycles. The van der Waals surface area contributed by atoms with E-state index in [9.17, 15) is 9.59 Å². The molecule has 0 atom stereocenters. The molecule has 1 aromatic carbocycles. The SMILES string of the molecule is CCNC(=NCC(=O)N(C)C)NCCC(=O)N(C)Cc1ccccc1.I. The lowest BCUT2D eigenvalue weighted by Crippen LogP contribution is -2.40. The number of halogens is 1. The standard InChI is InChI=1S/C18H29N5O2.HI/c1-5-19-18(21-13-17(25)22(2)3)20-12-11-16(24)23(4)14-15-9-7-6-8-10-15;/h6-10H,5,11-14H2,1-4H3,(H2,19,20,21);1H. The number of amides is 2. The van der Waals surface area contributed by atoms with Crippen LogP contribution in [0, 0.1) is 0 Å². The van der Waals surface area contributed by atoms with Crippen molar-refractivity contribution in [2.24, 2.45) is 4.99 Å². The van der Waals surface area contributed by atoms with Gasteiger partial charge in [-0.25, -0.2) is 4.99 Å². The largest absolute Gasteiger partial charge is 0.357 e. The summed E-state index contributed by atoms with van der Waals surface area (Å²) in [6.45, 7) is 3.75. The summed E-state index contributed by atoms with van der Waals surface area (Å²) in [7, 11) is 5.18. The molecule has 1 rings (SSSR count). The third kappa shape index (κ3) is 9.59. The number of likely N-dealkylation sites (N-methyl/N-ethyl adjacent to an activating group) is 1. The first-order valence-corrected chi connectivity index (χ1v) is 8.44. The van der Waals surface area contributed by atoms with Gasteiger partial charge in [0.15, 0.2) is 5.96 Å². The molecule has 8 heteroatoms. The Morgan fingerprint density at radius 3 is 2.27 bits per heavy atom. The van der Waals surface area contributed by atoms with Gasteiger partial charge in [-0.15, -0.1) is 24.0 Å². The zero-order valence-corrected chi connectivity index (χ0v) is 18.3. The van der Waals surface area contributed by atoms with Gasteiger partial charge in [-0.05, 0) is 12.5 Å². The van der Waals surface area contributed by atoms with E-state index < -0.39 is 0 Å². The van der Waals surface area contributed by atoms with E-state index in [1.807, 2.05) is 37.3 Å². The predicted molar refractivity (Wildman–Crippen MR) is 116 cm³/mol. The van der Waals surface area contributed by atoms with Gasteiger partial charge in [-0.2, -0.15) is 0 Å². The van der Waals surface area contributed by atoms with Crippen LogP contribution in [-0.4, -0.2) is 68.4 Å². The number of nitrogens with zero attached hydrogens (tertiary/aromatic N) is 3. The lowest BCUT2D eigenvalue weighted by Gasteiger charge is -2.18. The van der Waals surface area contributed by atoms with E-state index in [1.54, 1.807) is 26.0 Å². The molecule has 0 heterocycles. The van der Waals surface area contributed by atoms with Gasteiger partial charge in [0, 0.05) is 47.2 Å². The highest BCUT2D eigenvalue weighted by atomic mass is 127. The molecule has 0 aromatic heterocycles. The second kappa shape index (κ2) is 13.4. The quantitative estimate of drug-likeness (QED) is 0.338. The van der Waals surface area contributed by atoms with Crippen molar-refractivity contribution in [3.8, 4) is 0 Å². The Labute approximate surface area is 173 Å². The number of carbonyl (C=O) groups excluding carboxylic acids is 2. The minimum absolute atomic E-state index is 0. The Hall–Kier alpha value is -1.84. The fourth-order valence-electron chi connectivity index (χ4n) is 2.05. The highest BCUT2D eigenvalue weighted by molar-refractivity contribution is 14.0. The topological polar surface area (TPSA) is 77.0 Å². The second-order valence-corrected chi connectivity index (χ2v) is 5.90. The van der Waals surface area contributed by atoms with Gasteiger partial charge in [0.2, 0.25) is 11.8 Å². The zero-order valence-electron chi connectivity index (χ0n) is 16.0. The number of benzene rings is 1. The van der Waals surface area contributed by atoms with Gasteiger partial charge in [0.1, 0.15) is 6.54 Å². The van der Waals surface area contributed by atoms with Crippen LogP contribution in [0.5, 0.6) is 0 Å². The fraction of sp³-hybridized carbons (Fsp3) is 0.500. The van der Waals surface area contributed by atoms with E-state index >= 15 is 0 Å². The van der Waals surface area contributed by atoms with Crippen LogP contribution in [-0.2, 0) is 16.1 Å². The van der Waals surface area contributed by atoms with Gasteiger partial charge in [-0.1, -0.05) is 30.3 Å². The van der Waals surface area contributed by atoms with Crippen LogP contribution in [0.4, 0.5) is 0 Å². The monoisotopic (exact) mass is 475 g/mol. The maximum atomic E-state index is 12.2. The lowest BCUT2D eigenvalue weighted by atomic mass is 10.2. The molecule has 0 spiro atoms. The van der Waals surface area contributed by atoms with Crippen molar-refractivity contribution in [2.75, 3.05) is 40.8 Å². The van der Waals surface area contributed by atoms with Crippen LogP contribution in [0.3, 0.4) is 0 Å². The van der Waals surface area contributed by atoms with Crippen molar-refractivity contribution < 1.29 is 9.59 Å². The van der Waals surface area contributed by atoms with Crippen molar-refractivity contribution >= 4 is 41.8 Å². The van der Waals surface area contributed by atoms with Crippen LogP contribution in [0.1, 0.15) is 18.9 Å². The molecular formula is C18H30IN5O2. The zero-order chi connectivity index (χ0) is 18.7. The molecule has 146 valence electrons. The first kappa shape index (κ1) is 24.2. The van der Waals surface area contributed by atoms with Gasteiger partial charge in [0.25, 0.3) is 0 Å². The van der Waals surface area contributed by atoms with E-state index in [0.717, 1.165) is 5.56 Å². The summed E-state index contributed by atoms with van der Waals surface area (Å²) in [6, 6.07) is 9.88. The number of carbonyl (C=O) groups is 2. The number of aliphatic imine (C=N–C) groups is 1. The van der Waals surface area contributed by atoms with Crippen molar-refractivity contribution in [1.82, 2.24) is 20.4 Å². The van der Waals surface area contributed by atoms with Crippen LogP contribution in [0.25, 0.3) is 0 Å². The minimum Gasteiger partial charge on any atom is -0.357 e. The van der Waals surface area contributed by atoms with Crippen LogP contribution in [0.15, 0.2) is 35.3 Å². The summed E-state index contributed by atoms with van der Waals surface area (Å²) in [5.41, 5.74) is 1.10. The highest BCUT2D eigenvalue weighted by Crippen LogP contribution is 2.03. The smallest absolute Gasteiger partial charge is 0.243 e. The van der Waals surface area contributed by atoms with Gasteiger partial charge in [-0.3, -0.25) is 9.59 Å². The molecule has 0 radical (unpaired) electrons. The first-order valence-electron chi connectivity index (χ1n) is 8.44. The molecule has 0 aliphatic carbocycles. The van der Waals surface area contributed by atoms with Crippen molar-refractivity contribution in [3.63, 3.8) is 0 Å². The Kier molecular flexibility index (Phi) is 12.4. The first-order chi connectivity index (χ1) is 11.9. The van der Waals surface area contributed by atoms with Crippen molar-refractivity contribution in [2.45, 2.75) is 19.9 Å². The second-order valence-electron chi connectivity index (χ2n) is 5.90. The summed E-state index contributed by atoms with van der Waals surface area (Å²) < 4.78 is 0. The van der Waals surface area contributed by atoms with E-state index in [2.05, 4.69) is 15.6 Å². The molecule has 0 fully saturated rings. The number of hydrogen-bond donors (Lipinski definition) is 2. The van der Waals surface area contributed by atoms with Crippen LogP contribution in [0.2, 0.25) is 0 Å². The number of rotatable bonds is 8. The molecule has 26 heavy (non-hydrogen) atoms. The number of nitrogens with one attached hydrogen (secondary N) is 2. The summed E-state index contributed by atoms with van der Waals surface area (Å²) >= 11 is 0. The molecule has 2 amide bonds. The summed E-state index contributed by atoms with van der Waals surface area (Å²) in [5.74, 6) is 0.517. The average Bonchev–Trinajstić information content (AvgIpc) is 2.59. The average molecular weight is 475 g/mol. The molecule has 0 saturated heterocycles. The summed E-state index contributed by atoms with van der Waals surface area (Å²) in [6.07, 6.45) is 0.357. The number of guanidine groups is 1. The maximum absolute atomic E-state index is 12.2. The Morgan fingerprint density at radius 2 is 1.69 bits per heavy atom. The fourth-order valence-corrected chi connectivity index (χ4v) is 2.05. The molecule has 2 N–H and O–H groups in total. The Bertz CT molecular complexity index is 578. The molecule has 0 bridgehead atoms. The highest BCUT2D eigenvalue weighted by Gasteiger charge is 2.10.